The van der Waals surface area contributed by atoms with Gasteiger partial charge in [-0.25, -0.2) is 0 Å². The lowest BCUT2D eigenvalue weighted by Gasteiger charge is -2.18. The normalized spacial score (nSPS) is 11.0. The maximum atomic E-state index is 5.50. The van der Waals surface area contributed by atoms with Gasteiger partial charge in [-0.2, -0.15) is 0 Å². The molecule has 4 heteroatoms. The van der Waals surface area contributed by atoms with Gasteiger partial charge in [-0.1, -0.05) is 19.9 Å². The van der Waals surface area contributed by atoms with Gasteiger partial charge in [-0.05, 0) is 53.6 Å². The van der Waals surface area contributed by atoms with Gasteiger partial charge >= 0.3 is 0 Å². The van der Waals surface area contributed by atoms with Crippen LogP contribution in [0.25, 0.3) is 0 Å². The Morgan fingerprint density at radius 1 is 1.21 bits per heavy atom. The maximum absolute atomic E-state index is 5.50. The second kappa shape index (κ2) is 9.34. The van der Waals surface area contributed by atoms with E-state index < -0.39 is 0 Å². The second-order valence-corrected chi connectivity index (χ2v) is 5.26. The van der Waals surface area contributed by atoms with Crippen molar-refractivity contribution in [2.75, 3.05) is 32.8 Å². The van der Waals surface area contributed by atoms with Gasteiger partial charge in [-0.15, -0.1) is 0 Å². The zero-order valence-electron chi connectivity index (χ0n) is 12.2. The molecule has 19 heavy (non-hydrogen) atoms. The molecule has 1 N–H and O–H groups in total. The second-order valence-electron chi connectivity index (χ2n) is 4.40. The average Bonchev–Trinajstić information content (AvgIpc) is 2.42. The minimum atomic E-state index is 0.695. The Morgan fingerprint density at radius 2 is 1.95 bits per heavy atom. The molecule has 1 aromatic carbocycles. The summed E-state index contributed by atoms with van der Waals surface area (Å²) in [6.07, 6.45) is 0. The van der Waals surface area contributed by atoms with Gasteiger partial charge in [0.05, 0.1) is 11.1 Å². The molecule has 0 aliphatic carbocycles. The molecular formula is C15H25BrN2O. The number of rotatable bonds is 9. The van der Waals surface area contributed by atoms with Crippen molar-refractivity contribution in [3.63, 3.8) is 0 Å². The van der Waals surface area contributed by atoms with E-state index in [4.69, 9.17) is 4.74 Å². The van der Waals surface area contributed by atoms with Crippen LogP contribution in [0.3, 0.4) is 0 Å². The Kier molecular flexibility index (Phi) is 8.10. The van der Waals surface area contributed by atoms with E-state index in [-0.39, 0.29) is 0 Å². The van der Waals surface area contributed by atoms with Crippen molar-refractivity contribution in [3.05, 3.63) is 28.2 Å². The number of nitrogens with zero attached hydrogens (tertiary/aromatic N) is 1. The molecule has 0 aliphatic rings. The first-order valence-corrected chi connectivity index (χ1v) is 7.84. The zero-order chi connectivity index (χ0) is 14.1. The summed E-state index contributed by atoms with van der Waals surface area (Å²) in [6.45, 7) is 12.3. The van der Waals surface area contributed by atoms with E-state index in [0.29, 0.717) is 6.61 Å². The third kappa shape index (κ3) is 5.93. The average molecular weight is 329 g/mol. The van der Waals surface area contributed by atoms with Crippen molar-refractivity contribution in [1.82, 2.24) is 10.2 Å². The Bertz CT molecular complexity index is 367. The van der Waals surface area contributed by atoms with Gasteiger partial charge in [0, 0.05) is 19.6 Å². The molecule has 1 rings (SSSR count). The Hall–Kier alpha value is -0.580. The third-order valence-corrected chi connectivity index (χ3v) is 3.74. The lowest BCUT2D eigenvalue weighted by atomic mass is 10.2. The van der Waals surface area contributed by atoms with Gasteiger partial charge in [0.25, 0.3) is 0 Å². The highest BCUT2D eigenvalue weighted by atomic mass is 79.9. The van der Waals surface area contributed by atoms with E-state index >= 15 is 0 Å². The Labute approximate surface area is 125 Å². The fourth-order valence-electron chi connectivity index (χ4n) is 1.94. The van der Waals surface area contributed by atoms with Gasteiger partial charge < -0.3 is 15.0 Å². The van der Waals surface area contributed by atoms with Crippen molar-refractivity contribution in [3.8, 4) is 5.75 Å². The van der Waals surface area contributed by atoms with Gasteiger partial charge in [0.1, 0.15) is 5.75 Å². The number of ether oxygens (including phenoxy) is 1. The standard InChI is InChI=1S/C15H25BrN2O/c1-4-18(5-2)10-9-17-12-13-7-8-15(19-6-3)14(16)11-13/h7-8,11,17H,4-6,9-10,12H2,1-3H3. The van der Waals surface area contributed by atoms with Crippen LogP contribution in [-0.4, -0.2) is 37.7 Å². The highest BCUT2D eigenvalue weighted by Gasteiger charge is 2.02. The van der Waals surface area contributed by atoms with Crippen LogP contribution in [0.4, 0.5) is 0 Å². The molecule has 0 saturated carbocycles. The first-order chi connectivity index (χ1) is 9.21. The van der Waals surface area contributed by atoms with Crippen molar-refractivity contribution < 1.29 is 4.74 Å². The molecule has 0 aromatic heterocycles. The van der Waals surface area contributed by atoms with E-state index in [1.807, 2.05) is 13.0 Å². The summed E-state index contributed by atoms with van der Waals surface area (Å²) < 4.78 is 6.53. The van der Waals surface area contributed by atoms with E-state index in [0.717, 1.165) is 42.9 Å². The van der Waals surface area contributed by atoms with Crippen molar-refractivity contribution in [2.24, 2.45) is 0 Å². The molecule has 0 amide bonds. The summed E-state index contributed by atoms with van der Waals surface area (Å²) in [5.74, 6) is 0.911. The minimum Gasteiger partial charge on any atom is -0.493 e. The third-order valence-electron chi connectivity index (χ3n) is 3.12. The molecule has 0 saturated heterocycles. The topological polar surface area (TPSA) is 24.5 Å². The molecule has 0 atom stereocenters. The largest absolute Gasteiger partial charge is 0.493 e. The number of benzene rings is 1. The number of nitrogens with one attached hydrogen (secondary N) is 1. The predicted molar refractivity (Wildman–Crippen MR) is 84.8 cm³/mol. The SMILES string of the molecule is CCOc1ccc(CNCCN(CC)CC)cc1Br. The number of halogens is 1. The molecule has 0 radical (unpaired) electrons. The lowest BCUT2D eigenvalue weighted by molar-refractivity contribution is 0.302. The van der Waals surface area contributed by atoms with E-state index in [1.165, 1.54) is 5.56 Å². The summed E-state index contributed by atoms with van der Waals surface area (Å²) in [5.41, 5.74) is 1.27. The number of hydrogen-bond acceptors (Lipinski definition) is 3. The fraction of sp³-hybridized carbons (Fsp3) is 0.600. The molecule has 0 heterocycles. The van der Waals surface area contributed by atoms with Crippen molar-refractivity contribution >= 4 is 15.9 Å². The van der Waals surface area contributed by atoms with Gasteiger partial charge in [0.15, 0.2) is 0 Å². The summed E-state index contributed by atoms with van der Waals surface area (Å²) >= 11 is 3.54. The molecule has 0 fully saturated rings. The van der Waals surface area contributed by atoms with Crippen LogP contribution in [0.5, 0.6) is 5.75 Å². The fourth-order valence-corrected chi connectivity index (χ4v) is 2.48. The van der Waals surface area contributed by atoms with Crippen LogP contribution < -0.4 is 10.1 Å². The monoisotopic (exact) mass is 328 g/mol. The zero-order valence-corrected chi connectivity index (χ0v) is 13.8. The first-order valence-electron chi connectivity index (χ1n) is 7.05. The van der Waals surface area contributed by atoms with Crippen LogP contribution in [0.2, 0.25) is 0 Å². The lowest BCUT2D eigenvalue weighted by Crippen LogP contribution is -2.31. The van der Waals surface area contributed by atoms with E-state index in [1.54, 1.807) is 0 Å². The number of hydrogen-bond donors (Lipinski definition) is 1. The summed E-state index contributed by atoms with van der Waals surface area (Å²) in [5, 5.41) is 3.48. The van der Waals surface area contributed by atoms with Crippen LogP contribution >= 0.6 is 15.9 Å². The number of likely N-dealkylation sites (N-methyl/N-ethyl adjacent to an activating group) is 1. The summed E-state index contributed by atoms with van der Waals surface area (Å²) in [4.78, 5) is 2.42. The first kappa shape index (κ1) is 16.5. The Morgan fingerprint density at radius 3 is 2.53 bits per heavy atom. The highest BCUT2D eigenvalue weighted by Crippen LogP contribution is 2.25. The molecule has 0 spiro atoms. The van der Waals surface area contributed by atoms with Gasteiger partial charge in [0.2, 0.25) is 0 Å². The molecular weight excluding hydrogens is 304 g/mol. The molecule has 0 aliphatic heterocycles. The molecule has 3 nitrogen and oxygen atoms in total. The Balaban J connectivity index is 2.35. The smallest absolute Gasteiger partial charge is 0.133 e. The quantitative estimate of drug-likeness (QED) is 0.704. The van der Waals surface area contributed by atoms with Crippen LogP contribution in [0.1, 0.15) is 26.3 Å². The predicted octanol–water partition coefficient (Wildman–Crippen LogP) is 3.28. The van der Waals surface area contributed by atoms with Crippen LogP contribution in [0, 0.1) is 0 Å². The minimum absolute atomic E-state index is 0.695. The van der Waals surface area contributed by atoms with Gasteiger partial charge in [-0.3, -0.25) is 0 Å². The summed E-state index contributed by atoms with van der Waals surface area (Å²) in [6, 6.07) is 6.25. The summed E-state index contributed by atoms with van der Waals surface area (Å²) in [7, 11) is 0. The highest BCUT2D eigenvalue weighted by molar-refractivity contribution is 9.10. The van der Waals surface area contributed by atoms with Crippen molar-refractivity contribution in [2.45, 2.75) is 27.3 Å². The molecule has 108 valence electrons. The van der Waals surface area contributed by atoms with E-state index in [2.05, 4.69) is 52.1 Å². The molecule has 0 unspecified atom stereocenters. The maximum Gasteiger partial charge on any atom is 0.133 e. The van der Waals surface area contributed by atoms with Crippen LogP contribution in [-0.2, 0) is 6.54 Å². The van der Waals surface area contributed by atoms with E-state index in [9.17, 15) is 0 Å². The van der Waals surface area contributed by atoms with Crippen LogP contribution in [0.15, 0.2) is 22.7 Å². The molecule has 1 aromatic rings. The molecule has 0 bridgehead atoms. The van der Waals surface area contributed by atoms with Crippen molar-refractivity contribution in [1.29, 1.82) is 0 Å².